The van der Waals surface area contributed by atoms with Crippen LogP contribution in [0.15, 0.2) is 48.5 Å². The number of rotatable bonds is 9. The zero-order chi connectivity index (χ0) is 18.9. The summed E-state index contributed by atoms with van der Waals surface area (Å²) in [6.07, 6.45) is 0. The molecule has 1 aliphatic heterocycles. The van der Waals surface area contributed by atoms with Crippen molar-refractivity contribution in [2.45, 2.75) is 13.1 Å². The third kappa shape index (κ3) is 6.79. The van der Waals surface area contributed by atoms with E-state index >= 15 is 0 Å². The molecule has 0 aliphatic carbocycles. The van der Waals surface area contributed by atoms with E-state index in [2.05, 4.69) is 27.4 Å². The zero-order valence-electron chi connectivity index (χ0n) is 15.9. The third-order valence-corrected chi connectivity index (χ3v) is 5.08. The van der Waals surface area contributed by atoms with Crippen molar-refractivity contribution in [1.82, 2.24) is 15.3 Å². The van der Waals surface area contributed by atoms with Crippen LogP contribution in [0.5, 0.6) is 5.75 Å². The molecular weight excluding hydrogens is 362 g/mol. The smallest absolute Gasteiger partial charge is 0.118 e. The fourth-order valence-electron chi connectivity index (χ4n) is 3.14. The van der Waals surface area contributed by atoms with Crippen LogP contribution in [0, 0.1) is 0 Å². The lowest BCUT2D eigenvalue weighted by Crippen LogP contribution is -2.47. The molecule has 146 valence electrons. The quantitative estimate of drug-likeness (QED) is 0.526. The molecule has 27 heavy (non-hydrogen) atoms. The van der Waals surface area contributed by atoms with Crippen molar-refractivity contribution in [3.05, 3.63) is 64.7 Å². The first-order chi connectivity index (χ1) is 13.2. The summed E-state index contributed by atoms with van der Waals surface area (Å²) in [6, 6.07) is 16.1. The number of hydrogen-bond acceptors (Lipinski definition) is 5. The molecule has 0 unspecified atom stereocenters. The lowest BCUT2D eigenvalue weighted by Gasteiger charge is -2.34. The van der Waals surface area contributed by atoms with E-state index in [1.165, 1.54) is 11.1 Å². The van der Waals surface area contributed by atoms with E-state index in [1.54, 1.807) is 7.11 Å². The molecule has 2 aromatic rings. The number of benzene rings is 2. The Bertz CT molecular complexity index is 671. The van der Waals surface area contributed by atoms with E-state index < -0.39 is 0 Å². The molecule has 0 saturated carbocycles. The van der Waals surface area contributed by atoms with E-state index in [1.807, 2.05) is 36.4 Å². The van der Waals surface area contributed by atoms with Crippen LogP contribution in [0.25, 0.3) is 0 Å². The highest BCUT2D eigenvalue weighted by Crippen LogP contribution is 2.13. The van der Waals surface area contributed by atoms with Crippen molar-refractivity contribution in [2.75, 3.05) is 46.4 Å². The zero-order valence-corrected chi connectivity index (χ0v) is 16.6. The van der Waals surface area contributed by atoms with E-state index in [0.717, 1.165) is 50.0 Å². The molecule has 2 aromatic carbocycles. The van der Waals surface area contributed by atoms with E-state index in [-0.39, 0.29) is 0 Å². The van der Waals surface area contributed by atoms with Crippen LogP contribution >= 0.6 is 11.6 Å². The number of nitrogens with one attached hydrogen (secondary N) is 1. The molecule has 0 amide bonds. The van der Waals surface area contributed by atoms with Crippen LogP contribution in [0.4, 0.5) is 0 Å². The molecule has 1 saturated heterocycles. The summed E-state index contributed by atoms with van der Waals surface area (Å²) in [4.78, 5) is 10.5. The second-order valence-corrected chi connectivity index (χ2v) is 7.20. The average Bonchev–Trinajstić information content (AvgIpc) is 2.71. The van der Waals surface area contributed by atoms with Crippen molar-refractivity contribution in [3.63, 3.8) is 0 Å². The molecule has 0 radical (unpaired) electrons. The Morgan fingerprint density at radius 1 is 0.889 bits per heavy atom. The molecule has 5 nitrogen and oxygen atoms in total. The van der Waals surface area contributed by atoms with Gasteiger partial charge in [0.15, 0.2) is 0 Å². The summed E-state index contributed by atoms with van der Waals surface area (Å²) in [5.74, 6) is 0.870. The fraction of sp³-hybridized carbons (Fsp3) is 0.429. The van der Waals surface area contributed by atoms with Gasteiger partial charge >= 0.3 is 0 Å². The summed E-state index contributed by atoms with van der Waals surface area (Å²) < 4.78 is 5.16. The predicted molar refractivity (Wildman–Crippen MR) is 109 cm³/mol. The van der Waals surface area contributed by atoms with Gasteiger partial charge in [0.25, 0.3) is 0 Å². The first-order valence-electron chi connectivity index (χ1n) is 9.39. The van der Waals surface area contributed by atoms with Gasteiger partial charge in [0.2, 0.25) is 0 Å². The Morgan fingerprint density at radius 2 is 1.52 bits per heavy atom. The van der Waals surface area contributed by atoms with Crippen LogP contribution < -0.4 is 10.2 Å². The Hall–Kier alpha value is -1.63. The summed E-state index contributed by atoms with van der Waals surface area (Å²) in [7, 11) is 1.67. The van der Waals surface area contributed by atoms with Crippen LogP contribution in [-0.2, 0) is 17.9 Å². The lowest BCUT2D eigenvalue weighted by atomic mass is 10.2. The van der Waals surface area contributed by atoms with Gasteiger partial charge in [-0.2, -0.15) is 5.48 Å². The Kier molecular flexibility index (Phi) is 7.93. The van der Waals surface area contributed by atoms with E-state index in [9.17, 15) is 0 Å². The van der Waals surface area contributed by atoms with Gasteiger partial charge in [0, 0.05) is 50.8 Å². The molecule has 3 rings (SSSR count). The molecule has 6 heteroatoms. The van der Waals surface area contributed by atoms with Gasteiger partial charge in [0.05, 0.1) is 13.7 Å². The van der Waals surface area contributed by atoms with Gasteiger partial charge in [0.1, 0.15) is 5.75 Å². The number of piperazine rings is 1. The number of ether oxygens (including phenoxy) is 1. The maximum absolute atomic E-state index is 5.95. The van der Waals surface area contributed by atoms with Gasteiger partial charge in [-0.05, 0) is 35.4 Å². The molecule has 0 spiro atoms. The number of hydroxylamine groups is 1. The normalized spacial score (nSPS) is 15.8. The Labute approximate surface area is 166 Å². The van der Waals surface area contributed by atoms with Crippen LogP contribution in [0.2, 0.25) is 5.02 Å². The van der Waals surface area contributed by atoms with Gasteiger partial charge in [-0.25, -0.2) is 0 Å². The minimum atomic E-state index is 0.688. The topological polar surface area (TPSA) is 37.0 Å². The number of nitrogens with zero attached hydrogens (tertiary/aromatic N) is 2. The van der Waals surface area contributed by atoms with Crippen LogP contribution in [-0.4, -0.2) is 56.2 Å². The summed E-state index contributed by atoms with van der Waals surface area (Å²) >= 11 is 5.95. The number of hydrogen-bond donors (Lipinski definition) is 1. The second kappa shape index (κ2) is 10.6. The van der Waals surface area contributed by atoms with Crippen molar-refractivity contribution in [2.24, 2.45) is 0 Å². The number of methoxy groups -OCH3 is 1. The maximum atomic E-state index is 5.95. The van der Waals surface area contributed by atoms with Crippen LogP contribution in [0.3, 0.4) is 0 Å². The molecule has 0 atom stereocenters. The average molecular weight is 390 g/mol. The van der Waals surface area contributed by atoms with Gasteiger partial charge in [-0.3, -0.25) is 9.80 Å². The molecule has 0 aromatic heterocycles. The van der Waals surface area contributed by atoms with Crippen molar-refractivity contribution >= 4 is 11.6 Å². The van der Waals surface area contributed by atoms with Crippen molar-refractivity contribution in [3.8, 4) is 5.75 Å². The minimum absolute atomic E-state index is 0.688. The predicted octanol–water partition coefficient (Wildman–Crippen LogP) is 3.19. The molecular formula is C21H28ClN3O2. The van der Waals surface area contributed by atoms with Gasteiger partial charge < -0.3 is 9.57 Å². The Balaban J connectivity index is 1.26. The molecule has 1 fully saturated rings. The summed E-state index contributed by atoms with van der Waals surface area (Å²) in [6.45, 7) is 7.65. The molecule has 1 N–H and O–H groups in total. The fourth-order valence-corrected chi connectivity index (χ4v) is 3.27. The molecule has 1 aliphatic rings. The van der Waals surface area contributed by atoms with Crippen molar-refractivity contribution in [1.29, 1.82) is 0 Å². The highest BCUT2D eigenvalue weighted by atomic mass is 35.5. The summed E-state index contributed by atoms with van der Waals surface area (Å²) in [5.41, 5.74) is 5.53. The standard InChI is InChI=1S/C21H28ClN3O2/c1-26-21-8-4-18(5-9-21)16-23-27-15-14-24-10-12-25(13-11-24)17-19-2-6-20(22)7-3-19/h2-9,23H,10-17H2,1H3. The first kappa shape index (κ1) is 20.1. The largest absolute Gasteiger partial charge is 0.497 e. The minimum Gasteiger partial charge on any atom is -0.497 e. The summed E-state index contributed by atoms with van der Waals surface area (Å²) in [5, 5.41) is 0.796. The first-order valence-corrected chi connectivity index (χ1v) is 9.77. The van der Waals surface area contributed by atoms with E-state index in [0.29, 0.717) is 13.2 Å². The van der Waals surface area contributed by atoms with E-state index in [4.69, 9.17) is 21.2 Å². The monoisotopic (exact) mass is 389 g/mol. The second-order valence-electron chi connectivity index (χ2n) is 6.76. The maximum Gasteiger partial charge on any atom is 0.118 e. The third-order valence-electron chi connectivity index (χ3n) is 4.83. The molecule has 1 heterocycles. The number of halogens is 1. The van der Waals surface area contributed by atoms with Gasteiger partial charge in [-0.15, -0.1) is 0 Å². The Morgan fingerprint density at radius 3 is 2.19 bits per heavy atom. The lowest BCUT2D eigenvalue weighted by molar-refractivity contribution is 0.0133. The SMILES string of the molecule is COc1ccc(CNOCCN2CCN(Cc3ccc(Cl)cc3)CC2)cc1. The highest BCUT2D eigenvalue weighted by Gasteiger charge is 2.16. The molecule has 0 bridgehead atoms. The van der Waals surface area contributed by atoms with Crippen molar-refractivity contribution < 1.29 is 9.57 Å². The highest BCUT2D eigenvalue weighted by molar-refractivity contribution is 6.30. The van der Waals surface area contributed by atoms with Gasteiger partial charge in [-0.1, -0.05) is 35.9 Å². The van der Waals surface area contributed by atoms with Crippen LogP contribution in [0.1, 0.15) is 11.1 Å².